The summed E-state index contributed by atoms with van der Waals surface area (Å²) in [6.07, 6.45) is 8.60. The van der Waals surface area contributed by atoms with Crippen molar-refractivity contribution in [2.75, 3.05) is 19.6 Å². The molecule has 0 amide bonds. The molecule has 2 fully saturated rings. The largest absolute Gasteiger partial charge is 0.504 e. The Bertz CT molecular complexity index is 1250. The van der Waals surface area contributed by atoms with Crippen LogP contribution in [0.4, 0.5) is 0 Å². The Morgan fingerprint density at radius 2 is 1.67 bits per heavy atom. The van der Waals surface area contributed by atoms with Gasteiger partial charge in [0.15, 0.2) is 11.5 Å². The Hall–Kier alpha value is -2.83. The summed E-state index contributed by atoms with van der Waals surface area (Å²) >= 11 is 0. The first-order chi connectivity index (χ1) is 17.5. The lowest BCUT2D eigenvalue weighted by molar-refractivity contribution is 0.191. The van der Waals surface area contributed by atoms with Gasteiger partial charge >= 0.3 is 0 Å². The van der Waals surface area contributed by atoms with E-state index in [-0.39, 0.29) is 17.1 Å². The second-order valence-corrected chi connectivity index (χ2v) is 10.7. The fraction of sp³-hybridized carbons (Fsp3) is 0.500. The zero-order valence-corrected chi connectivity index (χ0v) is 21.4. The Labute approximate surface area is 213 Å². The van der Waals surface area contributed by atoms with Crippen LogP contribution >= 0.6 is 0 Å². The zero-order chi connectivity index (χ0) is 25.1. The van der Waals surface area contributed by atoms with Crippen molar-refractivity contribution in [1.29, 1.82) is 0 Å². The third-order valence-electron chi connectivity index (χ3n) is 8.28. The SMILES string of the molecule is Cc1cc(=O)n(CCN2CCC(NCc3ccc(O)c(O)c3)CC2)c2cc(C3CCCCC3)ccc12. The van der Waals surface area contributed by atoms with Crippen LogP contribution in [0.1, 0.15) is 67.6 Å². The summed E-state index contributed by atoms with van der Waals surface area (Å²) in [5.41, 5.74) is 4.63. The molecule has 6 heteroatoms. The molecule has 1 saturated carbocycles. The minimum absolute atomic E-state index is 0.0751. The lowest BCUT2D eigenvalue weighted by atomic mass is 9.83. The monoisotopic (exact) mass is 489 g/mol. The van der Waals surface area contributed by atoms with Crippen LogP contribution < -0.4 is 10.9 Å². The van der Waals surface area contributed by atoms with Crippen LogP contribution in [0.5, 0.6) is 11.5 Å². The topological polar surface area (TPSA) is 77.7 Å². The predicted octanol–water partition coefficient (Wildman–Crippen LogP) is 5.02. The number of benzene rings is 2. The van der Waals surface area contributed by atoms with Gasteiger partial charge in [-0.05, 0) is 86.5 Å². The molecule has 5 rings (SSSR count). The van der Waals surface area contributed by atoms with E-state index in [2.05, 4.69) is 28.4 Å². The smallest absolute Gasteiger partial charge is 0.251 e. The zero-order valence-electron chi connectivity index (χ0n) is 21.4. The Kier molecular flexibility index (Phi) is 7.63. The minimum Gasteiger partial charge on any atom is -0.504 e. The van der Waals surface area contributed by atoms with E-state index >= 15 is 0 Å². The second-order valence-electron chi connectivity index (χ2n) is 10.7. The van der Waals surface area contributed by atoms with Gasteiger partial charge in [-0.15, -0.1) is 0 Å². The molecule has 3 aromatic rings. The highest BCUT2D eigenvalue weighted by Gasteiger charge is 2.20. The molecular formula is C30H39N3O3. The lowest BCUT2D eigenvalue weighted by Crippen LogP contribution is -2.43. The summed E-state index contributed by atoms with van der Waals surface area (Å²) in [5, 5.41) is 24.0. The van der Waals surface area contributed by atoms with Gasteiger partial charge in [-0.3, -0.25) is 4.79 Å². The lowest BCUT2D eigenvalue weighted by Gasteiger charge is -2.32. The van der Waals surface area contributed by atoms with Gasteiger partial charge in [-0.1, -0.05) is 37.5 Å². The van der Waals surface area contributed by atoms with Crippen molar-refractivity contribution in [3.05, 3.63) is 69.5 Å². The molecule has 1 aliphatic carbocycles. The maximum absolute atomic E-state index is 13.0. The number of aromatic nitrogens is 1. The van der Waals surface area contributed by atoms with Crippen molar-refractivity contribution in [2.45, 2.75) is 76.9 Å². The summed E-state index contributed by atoms with van der Waals surface area (Å²) < 4.78 is 2.00. The van der Waals surface area contributed by atoms with Gasteiger partial charge < -0.3 is 25.0 Å². The van der Waals surface area contributed by atoms with Gasteiger partial charge in [0.2, 0.25) is 0 Å². The third kappa shape index (κ3) is 5.60. The normalized spacial score (nSPS) is 18.1. The molecule has 3 N–H and O–H groups in total. The molecule has 0 radical (unpaired) electrons. The van der Waals surface area contributed by atoms with Crippen molar-refractivity contribution in [2.24, 2.45) is 0 Å². The summed E-state index contributed by atoms with van der Waals surface area (Å²) in [7, 11) is 0. The third-order valence-corrected chi connectivity index (χ3v) is 8.28. The maximum atomic E-state index is 13.0. The molecule has 2 aliphatic rings. The molecule has 192 valence electrons. The molecule has 2 aromatic carbocycles. The molecule has 2 heterocycles. The molecule has 36 heavy (non-hydrogen) atoms. The number of aryl methyl sites for hydroxylation is 1. The van der Waals surface area contributed by atoms with Gasteiger partial charge in [0.05, 0.1) is 5.52 Å². The number of aromatic hydroxyl groups is 2. The number of hydrogen-bond donors (Lipinski definition) is 3. The van der Waals surface area contributed by atoms with E-state index < -0.39 is 0 Å². The van der Waals surface area contributed by atoms with Gasteiger partial charge in [-0.2, -0.15) is 0 Å². The number of rotatable bonds is 7. The number of likely N-dealkylation sites (tertiary alicyclic amines) is 1. The molecule has 1 saturated heterocycles. The molecule has 1 aromatic heterocycles. The average molecular weight is 490 g/mol. The Morgan fingerprint density at radius 1 is 0.889 bits per heavy atom. The highest BCUT2D eigenvalue weighted by Crippen LogP contribution is 2.34. The Balaban J connectivity index is 1.20. The van der Waals surface area contributed by atoms with Gasteiger partial charge in [-0.25, -0.2) is 0 Å². The summed E-state index contributed by atoms with van der Waals surface area (Å²) in [5.74, 6) is 0.468. The van der Waals surface area contributed by atoms with Crippen LogP contribution in [0.2, 0.25) is 0 Å². The fourth-order valence-electron chi connectivity index (χ4n) is 6.03. The number of piperidine rings is 1. The Morgan fingerprint density at radius 3 is 2.42 bits per heavy atom. The van der Waals surface area contributed by atoms with Gasteiger partial charge in [0, 0.05) is 37.1 Å². The van der Waals surface area contributed by atoms with E-state index in [0.717, 1.165) is 49.1 Å². The second kappa shape index (κ2) is 11.1. The standard InChI is InChI=1S/C30H39N3O3/c1-21-17-30(36)33(27-19-24(8-9-26(21)27)23-5-3-2-4-6-23)16-15-32-13-11-25(12-14-32)31-20-22-7-10-28(34)29(35)18-22/h7-10,17-19,23,25,31,34-35H,2-6,11-16,20H2,1H3. The van der Waals surface area contributed by atoms with E-state index in [4.69, 9.17) is 0 Å². The highest BCUT2D eigenvalue weighted by molar-refractivity contribution is 5.83. The van der Waals surface area contributed by atoms with Crippen molar-refractivity contribution in [1.82, 2.24) is 14.8 Å². The van der Waals surface area contributed by atoms with E-state index in [1.807, 2.05) is 17.6 Å². The molecule has 6 nitrogen and oxygen atoms in total. The van der Waals surface area contributed by atoms with E-state index in [0.29, 0.717) is 25.0 Å². The van der Waals surface area contributed by atoms with Crippen molar-refractivity contribution < 1.29 is 10.2 Å². The van der Waals surface area contributed by atoms with Crippen LogP contribution in [0.25, 0.3) is 10.9 Å². The number of pyridine rings is 1. The number of hydrogen-bond acceptors (Lipinski definition) is 5. The number of phenols is 2. The van der Waals surface area contributed by atoms with Crippen molar-refractivity contribution in [3.8, 4) is 11.5 Å². The first-order valence-electron chi connectivity index (χ1n) is 13.6. The highest BCUT2D eigenvalue weighted by atomic mass is 16.3. The number of phenolic OH excluding ortho intramolecular Hbond substituents is 2. The quantitative estimate of drug-likeness (QED) is 0.406. The first kappa shape index (κ1) is 24.8. The first-order valence-corrected chi connectivity index (χ1v) is 13.6. The average Bonchev–Trinajstić information content (AvgIpc) is 2.90. The molecule has 0 spiro atoms. The summed E-state index contributed by atoms with van der Waals surface area (Å²) in [4.78, 5) is 15.5. The minimum atomic E-state index is -0.0854. The van der Waals surface area contributed by atoms with Crippen LogP contribution in [-0.2, 0) is 13.1 Å². The molecule has 1 aliphatic heterocycles. The summed E-state index contributed by atoms with van der Waals surface area (Å²) in [6.45, 7) is 6.33. The number of nitrogens with one attached hydrogen (secondary N) is 1. The van der Waals surface area contributed by atoms with E-state index in [1.165, 1.54) is 49.1 Å². The van der Waals surface area contributed by atoms with Crippen LogP contribution in [-0.4, -0.2) is 45.4 Å². The van der Waals surface area contributed by atoms with Gasteiger partial charge in [0.1, 0.15) is 0 Å². The number of fused-ring (bicyclic) bond motifs is 1. The molecule has 0 unspecified atom stereocenters. The molecule has 0 atom stereocenters. The fourth-order valence-corrected chi connectivity index (χ4v) is 6.03. The maximum Gasteiger partial charge on any atom is 0.251 e. The van der Waals surface area contributed by atoms with Crippen LogP contribution in [0, 0.1) is 6.92 Å². The predicted molar refractivity (Wildman–Crippen MR) is 145 cm³/mol. The van der Waals surface area contributed by atoms with Crippen LogP contribution in [0.15, 0.2) is 47.3 Å². The van der Waals surface area contributed by atoms with Crippen molar-refractivity contribution >= 4 is 10.9 Å². The van der Waals surface area contributed by atoms with E-state index in [9.17, 15) is 15.0 Å². The molecular weight excluding hydrogens is 450 g/mol. The molecule has 0 bridgehead atoms. The van der Waals surface area contributed by atoms with E-state index in [1.54, 1.807) is 12.1 Å². The van der Waals surface area contributed by atoms with Gasteiger partial charge in [0.25, 0.3) is 5.56 Å². The number of nitrogens with zero attached hydrogens (tertiary/aromatic N) is 2. The van der Waals surface area contributed by atoms with Crippen molar-refractivity contribution in [3.63, 3.8) is 0 Å². The summed E-state index contributed by atoms with van der Waals surface area (Å²) in [6, 6.07) is 14.0. The van der Waals surface area contributed by atoms with Crippen LogP contribution in [0.3, 0.4) is 0 Å².